The van der Waals surface area contributed by atoms with E-state index >= 15 is 0 Å². The summed E-state index contributed by atoms with van der Waals surface area (Å²) in [6.45, 7) is 0.202. The number of pyridine rings is 1. The Morgan fingerprint density at radius 1 is 1.38 bits per heavy atom. The molecule has 6 heteroatoms. The number of hydrogen-bond donors (Lipinski definition) is 1. The van der Waals surface area contributed by atoms with Gasteiger partial charge in [0.1, 0.15) is 12.4 Å². The van der Waals surface area contributed by atoms with E-state index in [0.29, 0.717) is 5.92 Å². The van der Waals surface area contributed by atoms with Crippen molar-refractivity contribution in [3.63, 3.8) is 0 Å². The summed E-state index contributed by atoms with van der Waals surface area (Å²) in [6.07, 6.45) is 9.12. The first-order chi connectivity index (χ1) is 10.1. The fraction of sp³-hybridized carbons (Fsp3) is 0.400. The molecule has 1 fully saturated rings. The number of carbonyl (C=O) groups excluding carboxylic acids is 1. The lowest BCUT2D eigenvalue weighted by Gasteiger charge is -2.18. The normalized spacial score (nSPS) is 15.7. The van der Waals surface area contributed by atoms with Gasteiger partial charge >= 0.3 is 0 Å². The number of carbonyl (C=O) groups is 1. The molecule has 0 aliphatic heterocycles. The highest BCUT2D eigenvalue weighted by atomic mass is 16.2. The molecule has 6 nitrogen and oxygen atoms in total. The number of aryl methyl sites for hydroxylation is 1. The molecule has 1 amide bonds. The largest absolute Gasteiger partial charge is 0.345 e. The van der Waals surface area contributed by atoms with Crippen molar-refractivity contribution in [1.29, 1.82) is 0 Å². The SMILES string of the molecule is Cn1ccnc1[C@@H](NC(=O)Cn1ccc(=O)cc1)C1CC1. The van der Waals surface area contributed by atoms with Gasteiger partial charge in [0.15, 0.2) is 5.43 Å². The van der Waals surface area contributed by atoms with Crippen LogP contribution in [-0.2, 0) is 18.4 Å². The minimum Gasteiger partial charge on any atom is -0.345 e. The summed E-state index contributed by atoms with van der Waals surface area (Å²) in [5.74, 6) is 1.30. The van der Waals surface area contributed by atoms with Gasteiger partial charge in [-0.25, -0.2) is 4.98 Å². The Morgan fingerprint density at radius 3 is 2.67 bits per heavy atom. The van der Waals surface area contributed by atoms with E-state index in [9.17, 15) is 9.59 Å². The zero-order valence-electron chi connectivity index (χ0n) is 11.9. The second-order valence-electron chi connectivity index (χ2n) is 5.49. The van der Waals surface area contributed by atoms with Crippen LogP contribution in [0.5, 0.6) is 0 Å². The zero-order valence-corrected chi connectivity index (χ0v) is 11.9. The maximum absolute atomic E-state index is 12.2. The monoisotopic (exact) mass is 286 g/mol. The smallest absolute Gasteiger partial charge is 0.240 e. The van der Waals surface area contributed by atoms with Crippen molar-refractivity contribution in [2.75, 3.05) is 0 Å². The van der Waals surface area contributed by atoms with E-state index in [1.165, 1.54) is 12.1 Å². The van der Waals surface area contributed by atoms with E-state index in [0.717, 1.165) is 18.7 Å². The van der Waals surface area contributed by atoms with Crippen LogP contribution in [0.1, 0.15) is 24.7 Å². The Labute approximate surface area is 122 Å². The summed E-state index contributed by atoms with van der Waals surface area (Å²) in [5, 5.41) is 3.06. The Morgan fingerprint density at radius 2 is 2.10 bits per heavy atom. The van der Waals surface area contributed by atoms with Crippen LogP contribution in [0.25, 0.3) is 0 Å². The third-order valence-electron chi connectivity index (χ3n) is 3.73. The molecule has 21 heavy (non-hydrogen) atoms. The van der Waals surface area contributed by atoms with E-state index in [-0.39, 0.29) is 23.9 Å². The minimum absolute atomic E-state index is 0.0307. The number of aromatic nitrogens is 3. The number of nitrogens with one attached hydrogen (secondary N) is 1. The predicted octanol–water partition coefficient (Wildman–Crippen LogP) is 0.849. The van der Waals surface area contributed by atoms with Crippen LogP contribution in [0.4, 0.5) is 0 Å². The van der Waals surface area contributed by atoms with Gasteiger partial charge in [0.2, 0.25) is 5.91 Å². The third-order valence-corrected chi connectivity index (χ3v) is 3.73. The fourth-order valence-electron chi connectivity index (χ4n) is 2.43. The van der Waals surface area contributed by atoms with Gasteiger partial charge in [-0.1, -0.05) is 0 Å². The Balaban J connectivity index is 1.68. The first-order valence-corrected chi connectivity index (χ1v) is 7.06. The lowest BCUT2D eigenvalue weighted by molar-refractivity contribution is -0.122. The lowest BCUT2D eigenvalue weighted by Crippen LogP contribution is -2.34. The van der Waals surface area contributed by atoms with Gasteiger partial charge < -0.3 is 14.5 Å². The van der Waals surface area contributed by atoms with Crippen LogP contribution in [0.3, 0.4) is 0 Å². The number of nitrogens with zero attached hydrogens (tertiary/aromatic N) is 3. The molecule has 0 aromatic carbocycles. The maximum atomic E-state index is 12.2. The number of rotatable bonds is 5. The van der Waals surface area contributed by atoms with Crippen molar-refractivity contribution in [2.24, 2.45) is 13.0 Å². The van der Waals surface area contributed by atoms with E-state index in [4.69, 9.17) is 0 Å². The molecule has 2 aromatic heterocycles. The molecule has 1 atom stereocenters. The van der Waals surface area contributed by atoms with Gasteiger partial charge in [-0.3, -0.25) is 9.59 Å². The molecule has 0 unspecified atom stereocenters. The molecule has 3 rings (SSSR count). The van der Waals surface area contributed by atoms with E-state index in [1.54, 1.807) is 23.2 Å². The Bertz CT molecular complexity index is 679. The summed E-state index contributed by atoms with van der Waals surface area (Å²) < 4.78 is 3.64. The number of hydrogen-bond acceptors (Lipinski definition) is 3. The topological polar surface area (TPSA) is 68.9 Å². The molecule has 1 aliphatic carbocycles. The molecule has 1 N–H and O–H groups in total. The van der Waals surface area contributed by atoms with Gasteiger partial charge in [-0.05, 0) is 18.8 Å². The fourth-order valence-corrected chi connectivity index (χ4v) is 2.43. The summed E-state index contributed by atoms with van der Waals surface area (Å²) >= 11 is 0. The Kier molecular flexibility index (Phi) is 3.60. The van der Waals surface area contributed by atoms with Crippen LogP contribution in [0, 0.1) is 5.92 Å². The maximum Gasteiger partial charge on any atom is 0.240 e. The van der Waals surface area contributed by atoms with Crippen LogP contribution in [0.2, 0.25) is 0 Å². The first-order valence-electron chi connectivity index (χ1n) is 7.06. The van der Waals surface area contributed by atoms with Crippen molar-refractivity contribution in [2.45, 2.75) is 25.4 Å². The van der Waals surface area contributed by atoms with E-state index in [1.807, 2.05) is 17.8 Å². The Hall–Kier alpha value is -2.37. The van der Waals surface area contributed by atoms with Crippen molar-refractivity contribution in [3.8, 4) is 0 Å². The quantitative estimate of drug-likeness (QED) is 0.886. The molecule has 2 heterocycles. The van der Waals surface area contributed by atoms with Crippen LogP contribution in [0.15, 0.2) is 41.7 Å². The molecule has 110 valence electrons. The van der Waals surface area contributed by atoms with Gasteiger partial charge in [-0.2, -0.15) is 0 Å². The zero-order chi connectivity index (χ0) is 14.8. The van der Waals surface area contributed by atoms with E-state index in [2.05, 4.69) is 10.3 Å². The highest BCUT2D eigenvalue weighted by Crippen LogP contribution is 2.40. The average molecular weight is 286 g/mol. The van der Waals surface area contributed by atoms with Gasteiger partial charge in [-0.15, -0.1) is 0 Å². The molecule has 2 aromatic rings. The van der Waals surface area contributed by atoms with Crippen LogP contribution >= 0.6 is 0 Å². The molecular weight excluding hydrogens is 268 g/mol. The third kappa shape index (κ3) is 3.21. The molecule has 0 bridgehead atoms. The number of amides is 1. The van der Waals surface area contributed by atoms with Crippen molar-refractivity contribution in [3.05, 3.63) is 53.0 Å². The standard InChI is InChI=1S/C15H18N4O2/c1-18-9-6-16-15(18)14(11-2-3-11)17-13(21)10-19-7-4-12(20)5-8-19/h4-9,11,14H,2-3,10H2,1H3,(H,17,21)/t14-/m0/s1. The molecule has 1 saturated carbocycles. The predicted molar refractivity (Wildman–Crippen MR) is 77.5 cm³/mol. The second-order valence-corrected chi connectivity index (χ2v) is 5.49. The molecule has 1 aliphatic rings. The average Bonchev–Trinajstić information content (AvgIpc) is 3.21. The van der Waals surface area contributed by atoms with Crippen LogP contribution < -0.4 is 10.7 Å². The highest BCUT2D eigenvalue weighted by Gasteiger charge is 2.35. The van der Waals surface area contributed by atoms with Crippen molar-refractivity contribution >= 4 is 5.91 Å². The minimum atomic E-state index is -0.0708. The highest BCUT2D eigenvalue weighted by molar-refractivity contribution is 5.76. The van der Waals surface area contributed by atoms with Crippen molar-refractivity contribution < 1.29 is 4.79 Å². The summed E-state index contributed by atoms with van der Waals surface area (Å²) in [4.78, 5) is 27.6. The van der Waals surface area contributed by atoms with E-state index < -0.39 is 0 Å². The summed E-state index contributed by atoms with van der Waals surface area (Å²) in [5.41, 5.74) is -0.0597. The second kappa shape index (κ2) is 5.55. The molecule has 0 radical (unpaired) electrons. The first kappa shape index (κ1) is 13.6. The molecular formula is C15H18N4O2. The van der Waals surface area contributed by atoms with Gasteiger partial charge in [0, 0.05) is 44.0 Å². The van der Waals surface area contributed by atoms with Crippen LogP contribution in [-0.4, -0.2) is 20.0 Å². The molecule has 0 spiro atoms. The van der Waals surface area contributed by atoms with Gasteiger partial charge in [0.25, 0.3) is 0 Å². The lowest BCUT2D eigenvalue weighted by atomic mass is 10.1. The summed E-state index contributed by atoms with van der Waals surface area (Å²) in [7, 11) is 1.94. The molecule has 0 saturated heterocycles. The number of imidazole rings is 1. The van der Waals surface area contributed by atoms with Gasteiger partial charge in [0.05, 0.1) is 6.04 Å². The van der Waals surface area contributed by atoms with Crippen molar-refractivity contribution in [1.82, 2.24) is 19.4 Å². The summed E-state index contributed by atoms with van der Waals surface area (Å²) in [6, 6.07) is 2.87.